The summed E-state index contributed by atoms with van der Waals surface area (Å²) in [6.45, 7) is 6.22. The van der Waals surface area contributed by atoms with Crippen LogP contribution in [0.5, 0.6) is 5.75 Å². The standard InChI is InChI=1S/C24H31FN4O2.HI/c1-18(2)31-22-10-8-21(9-11-22)28-24(27-17-23(30)29-14-3-4-15-29)26-13-12-19-6-5-7-20(25)16-19;/h5-11,16,18H,3-4,12-15,17H2,1-2H3,(H2,26,27,28);1H. The maximum Gasteiger partial charge on any atom is 0.244 e. The first-order valence-electron chi connectivity index (χ1n) is 10.8. The van der Waals surface area contributed by atoms with Gasteiger partial charge in [-0.05, 0) is 75.1 Å². The third kappa shape index (κ3) is 8.64. The van der Waals surface area contributed by atoms with Gasteiger partial charge < -0.3 is 20.3 Å². The quantitative estimate of drug-likeness (QED) is 0.288. The van der Waals surface area contributed by atoms with E-state index in [4.69, 9.17) is 4.74 Å². The molecule has 0 bridgehead atoms. The van der Waals surface area contributed by atoms with Crippen LogP contribution in [0.3, 0.4) is 0 Å². The predicted molar refractivity (Wildman–Crippen MR) is 137 cm³/mol. The highest BCUT2D eigenvalue weighted by Gasteiger charge is 2.17. The number of rotatable bonds is 8. The molecule has 6 nitrogen and oxygen atoms in total. The molecule has 1 saturated heterocycles. The number of halogens is 2. The van der Waals surface area contributed by atoms with Crippen LogP contribution in [-0.4, -0.2) is 49.0 Å². The van der Waals surface area contributed by atoms with E-state index in [0.29, 0.717) is 18.9 Å². The number of hydrogen-bond acceptors (Lipinski definition) is 3. The number of ether oxygens (including phenoxy) is 1. The molecule has 1 fully saturated rings. The monoisotopic (exact) mass is 554 g/mol. The van der Waals surface area contributed by atoms with Gasteiger partial charge in [-0.3, -0.25) is 4.79 Å². The number of anilines is 1. The van der Waals surface area contributed by atoms with Crippen molar-refractivity contribution in [3.8, 4) is 5.75 Å². The number of likely N-dealkylation sites (tertiary alicyclic amines) is 1. The number of carbonyl (C=O) groups excluding carboxylic acids is 1. The van der Waals surface area contributed by atoms with Crippen molar-refractivity contribution in [2.45, 2.75) is 39.2 Å². The molecular formula is C24H32FIN4O2. The highest BCUT2D eigenvalue weighted by atomic mass is 127. The Hall–Kier alpha value is -2.36. The molecule has 0 aliphatic carbocycles. The Morgan fingerprint density at radius 2 is 1.88 bits per heavy atom. The van der Waals surface area contributed by atoms with E-state index in [1.165, 1.54) is 12.1 Å². The van der Waals surface area contributed by atoms with Gasteiger partial charge in [0.25, 0.3) is 0 Å². The summed E-state index contributed by atoms with van der Waals surface area (Å²) in [6.07, 6.45) is 2.85. The van der Waals surface area contributed by atoms with Gasteiger partial charge in [-0.25, -0.2) is 9.38 Å². The maximum atomic E-state index is 13.4. The summed E-state index contributed by atoms with van der Waals surface area (Å²) in [7, 11) is 0. The van der Waals surface area contributed by atoms with Gasteiger partial charge in [-0.15, -0.1) is 24.0 Å². The van der Waals surface area contributed by atoms with Gasteiger partial charge in [0, 0.05) is 25.3 Å². The number of guanidine groups is 1. The molecule has 0 unspecified atom stereocenters. The van der Waals surface area contributed by atoms with E-state index >= 15 is 0 Å². The van der Waals surface area contributed by atoms with Crippen molar-refractivity contribution in [2.75, 3.05) is 31.5 Å². The molecule has 0 saturated carbocycles. The molecule has 32 heavy (non-hydrogen) atoms. The summed E-state index contributed by atoms with van der Waals surface area (Å²) in [5.74, 6) is 1.10. The van der Waals surface area contributed by atoms with Gasteiger partial charge in [0.15, 0.2) is 5.96 Å². The molecule has 2 aromatic carbocycles. The lowest BCUT2D eigenvalue weighted by molar-refractivity contribution is -0.128. The number of carbonyl (C=O) groups is 1. The summed E-state index contributed by atoms with van der Waals surface area (Å²) in [6, 6.07) is 14.1. The van der Waals surface area contributed by atoms with Gasteiger partial charge in [-0.1, -0.05) is 12.1 Å². The third-order valence-corrected chi connectivity index (χ3v) is 4.92. The van der Waals surface area contributed by atoms with Gasteiger partial charge in [-0.2, -0.15) is 0 Å². The smallest absolute Gasteiger partial charge is 0.244 e. The van der Waals surface area contributed by atoms with Crippen molar-refractivity contribution in [3.63, 3.8) is 0 Å². The Kier molecular flexibility index (Phi) is 10.7. The molecule has 0 spiro atoms. The normalized spacial score (nSPS) is 13.6. The Morgan fingerprint density at radius 3 is 2.53 bits per heavy atom. The van der Waals surface area contributed by atoms with Crippen molar-refractivity contribution in [3.05, 3.63) is 59.9 Å². The molecule has 0 radical (unpaired) electrons. The van der Waals surface area contributed by atoms with Crippen molar-refractivity contribution in [1.82, 2.24) is 10.2 Å². The fourth-order valence-corrected chi connectivity index (χ4v) is 3.40. The maximum absolute atomic E-state index is 13.4. The number of amides is 1. The van der Waals surface area contributed by atoms with Crippen LogP contribution >= 0.6 is 24.0 Å². The first-order chi connectivity index (χ1) is 15.0. The van der Waals surface area contributed by atoms with Crippen LogP contribution < -0.4 is 15.4 Å². The third-order valence-electron chi connectivity index (χ3n) is 4.92. The van der Waals surface area contributed by atoms with E-state index < -0.39 is 0 Å². The minimum atomic E-state index is -0.246. The first kappa shape index (κ1) is 25.9. The second kappa shape index (κ2) is 13.2. The molecule has 1 heterocycles. The zero-order valence-corrected chi connectivity index (χ0v) is 21.0. The van der Waals surface area contributed by atoms with Crippen LogP contribution in [0.2, 0.25) is 0 Å². The lowest BCUT2D eigenvalue weighted by atomic mass is 10.1. The summed E-state index contributed by atoms with van der Waals surface area (Å²) in [5, 5.41) is 6.49. The van der Waals surface area contributed by atoms with E-state index in [9.17, 15) is 9.18 Å². The average Bonchev–Trinajstić information content (AvgIpc) is 3.28. The minimum absolute atomic E-state index is 0. The van der Waals surface area contributed by atoms with E-state index in [-0.39, 0.29) is 48.3 Å². The largest absolute Gasteiger partial charge is 0.491 e. The van der Waals surface area contributed by atoms with Gasteiger partial charge >= 0.3 is 0 Å². The molecule has 1 aliphatic heterocycles. The van der Waals surface area contributed by atoms with Crippen molar-refractivity contribution in [1.29, 1.82) is 0 Å². The molecule has 1 aliphatic rings. The number of hydrogen-bond donors (Lipinski definition) is 2. The topological polar surface area (TPSA) is 66.0 Å². The number of nitrogens with one attached hydrogen (secondary N) is 2. The fraction of sp³-hybridized carbons (Fsp3) is 0.417. The lowest BCUT2D eigenvalue weighted by Gasteiger charge is -2.16. The summed E-state index contributed by atoms with van der Waals surface area (Å²) in [5.41, 5.74) is 1.73. The zero-order chi connectivity index (χ0) is 22.1. The van der Waals surface area contributed by atoms with Crippen molar-refractivity contribution >= 4 is 41.5 Å². The van der Waals surface area contributed by atoms with Gasteiger partial charge in [0.2, 0.25) is 5.91 Å². The molecular weight excluding hydrogens is 522 g/mol. The lowest BCUT2D eigenvalue weighted by Crippen LogP contribution is -2.35. The number of nitrogens with zero attached hydrogens (tertiary/aromatic N) is 2. The Bertz CT molecular complexity index is 884. The van der Waals surface area contributed by atoms with Crippen LogP contribution in [0.1, 0.15) is 32.3 Å². The van der Waals surface area contributed by atoms with Gasteiger partial charge in [0.05, 0.1) is 6.10 Å². The van der Waals surface area contributed by atoms with Crippen LogP contribution in [0.25, 0.3) is 0 Å². The second-order valence-corrected chi connectivity index (χ2v) is 7.88. The van der Waals surface area contributed by atoms with Crippen molar-refractivity contribution in [2.24, 2.45) is 4.99 Å². The molecule has 8 heteroatoms. The Morgan fingerprint density at radius 1 is 1.16 bits per heavy atom. The van der Waals surface area contributed by atoms with E-state index in [1.54, 1.807) is 6.07 Å². The van der Waals surface area contributed by atoms with Crippen LogP contribution in [0, 0.1) is 5.82 Å². The predicted octanol–water partition coefficient (Wildman–Crippen LogP) is 4.45. The highest BCUT2D eigenvalue weighted by Crippen LogP contribution is 2.17. The Balaban J connectivity index is 0.00000363. The van der Waals surface area contributed by atoms with Crippen LogP contribution in [0.4, 0.5) is 10.1 Å². The number of benzene rings is 2. The minimum Gasteiger partial charge on any atom is -0.491 e. The summed E-state index contributed by atoms with van der Waals surface area (Å²) < 4.78 is 19.1. The fourth-order valence-electron chi connectivity index (χ4n) is 3.40. The molecule has 3 rings (SSSR count). The van der Waals surface area contributed by atoms with E-state index in [2.05, 4.69) is 15.6 Å². The Labute approximate surface area is 206 Å². The molecule has 174 valence electrons. The van der Waals surface area contributed by atoms with E-state index in [0.717, 1.165) is 42.9 Å². The van der Waals surface area contributed by atoms with E-state index in [1.807, 2.05) is 49.1 Å². The van der Waals surface area contributed by atoms with Crippen LogP contribution in [0.15, 0.2) is 53.5 Å². The van der Waals surface area contributed by atoms with Crippen molar-refractivity contribution < 1.29 is 13.9 Å². The number of aliphatic imine (C=N–C) groups is 1. The highest BCUT2D eigenvalue weighted by molar-refractivity contribution is 14.0. The molecule has 0 aromatic heterocycles. The average molecular weight is 554 g/mol. The summed E-state index contributed by atoms with van der Waals surface area (Å²) in [4.78, 5) is 18.7. The molecule has 1 amide bonds. The molecule has 2 aromatic rings. The molecule has 2 N–H and O–H groups in total. The molecule has 0 atom stereocenters. The summed E-state index contributed by atoms with van der Waals surface area (Å²) >= 11 is 0. The zero-order valence-electron chi connectivity index (χ0n) is 18.6. The van der Waals surface area contributed by atoms with Crippen LogP contribution in [-0.2, 0) is 11.2 Å². The first-order valence-corrected chi connectivity index (χ1v) is 10.8. The SMILES string of the molecule is CC(C)Oc1ccc(NC(=NCC(=O)N2CCCC2)NCCc2cccc(F)c2)cc1.I. The second-order valence-electron chi connectivity index (χ2n) is 7.88. The van der Waals surface area contributed by atoms with Gasteiger partial charge in [0.1, 0.15) is 18.1 Å².